The molecular weight excluding hydrogens is 685 g/mol. The van der Waals surface area contributed by atoms with Gasteiger partial charge >= 0.3 is 0 Å². The van der Waals surface area contributed by atoms with Crippen LogP contribution in [0.3, 0.4) is 0 Å². The molecule has 266 valence electrons. The van der Waals surface area contributed by atoms with Crippen LogP contribution >= 0.6 is 0 Å². The van der Waals surface area contributed by atoms with Crippen LogP contribution in [-0.2, 0) is 5.41 Å². The second kappa shape index (κ2) is 12.0. The van der Waals surface area contributed by atoms with Crippen LogP contribution in [0.1, 0.15) is 25.0 Å². The minimum Gasteiger partial charge on any atom is -0.0616 e. The molecule has 0 aliphatic heterocycles. The van der Waals surface area contributed by atoms with Crippen LogP contribution < -0.4 is 0 Å². The molecule has 0 saturated carbocycles. The van der Waals surface area contributed by atoms with Crippen LogP contribution in [-0.4, -0.2) is 0 Å². The third-order valence-electron chi connectivity index (χ3n) is 13.0. The quantitative estimate of drug-likeness (QED) is 0.159. The van der Waals surface area contributed by atoms with E-state index in [0.717, 1.165) is 0 Å². The van der Waals surface area contributed by atoms with Gasteiger partial charge in [0, 0.05) is 5.41 Å². The third-order valence-corrected chi connectivity index (χ3v) is 13.0. The zero-order valence-electron chi connectivity index (χ0n) is 32.0. The molecule has 11 aromatic carbocycles. The summed E-state index contributed by atoms with van der Waals surface area (Å²) in [6.45, 7) is 4.80. The molecule has 12 rings (SSSR count). The molecule has 0 N–H and O–H groups in total. The molecule has 0 spiro atoms. The molecule has 0 amide bonds. The molecule has 1 aliphatic rings. The van der Waals surface area contributed by atoms with Crippen LogP contribution in [0.25, 0.3) is 109 Å². The fraction of sp³-hybridized carbons (Fsp3) is 0.0526. The van der Waals surface area contributed by atoms with Gasteiger partial charge < -0.3 is 0 Å². The predicted molar refractivity (Wildman–Crippen MR) is 245 cm³/mol. The number of fused-ring (bicyclic) bond motifs is 12. The summed E-state index contributed by atoms with van der Waals surface area (Å²) < 4.78 is 0. The van der Waals surface area contributed by atoms with Gasteiger partial charge in [-0.25, -0.2) is 0 Å². The van der Waals surface area contributed by atoms with E-state index in [1.54, 1.807) is 0 Å². The largest absolute Gasteiger partial charge is 0.0616 e. The molecular formula is C57H38. The molecule has 57 heavy (non-hydrogen) atoms. The van der Waals surface area contributed by atoms with Crippen molar-refractivity contribution in [3.63, 3.8) is 0 Å². The van der Waals surface area contributed by atoms with Crippen molar-refractivity contribution in [3.05, 3.63) is 205 Å². The van der Waals surface area contributed by atoms with Gasteiger partial charge in [0.05, 0.1) is 0 Å². The minimum absolute atomic E-state index is 0.159. The normalized spacial score (nSPS) is 13.2. The average molecular weight is 723 g/mol. The summed E-state index contributed by atoms with van der Waals surface area (Å²) in [5, 5.41) is 15.5. The zero-order chi connectivity index (χ0) is 37.8. The van der Waals surface area contributed by atoms with Crippen molar-refractivity contribution in [1.29, 1.82) is 0 Å². The highest BCUT2D eigenvalue weighted by Gasteiger charge is 2.36. The van der Waals surface area contributed by atoms with E-state index < -0.39 is 0 Å². The predicted octanol–water partition coefficient (Wildman–Crippen LogP) is 15.9. The fourth-order valence-electron chi connectivity index (χ4n) is 10.3. The van der Waals surface area contributed by atoms with E-state index in [0.29, 0.717) is 0 Å². The summed E-state index contributed by atoms with van der Waals surface area (Å²) in [5.74, 6) is 0. The van der Waals surface area contributed by atoms with E-state index in [9.17, 15) is 0 Å². The summed E-state index contributed by atoms with van der Waals surface area (Å²) in [5.41, 5.74) is 12.9. The van der Waals surface area contributed by atoms with Gasteiger partial charge in [0.1, 0.15) is 0 Å². The van der Waals surface area contributed by atoms with Gasteiger partial charge in [0.2, 0.25) is 0 Å². The lowest BCUT2D eigenvalue weighted by atomic mass is 9.80. The van der Waals surface area contributed by atoms with Crippen LogP contribution in [0.4, 0.5) is 0 Å². The number of rotatable bonds is 3. The van der Waals surface area contributed by atoms with Gasteiger partial charge in [-0.3, -0.25) is 0 Å². The topological polar surface area (TPSA) is 0 Å². The molecule has 0 heterocycles. The van der Waals surface area contributed by atoms with Gasteiger partial charge in [-0.05, 0) is 145 Å². The Kier molecular flexibility index (Phi) is 6.78. The Morgan fingerprint density at radius 2 is 0.737 bits per heavy atom. The second-order valence-corrected chi connectivity index (χ2v) is 16.4. The first-order valence-corrected chi connectivity index (χ1v) is 20.1. The van der Waals surface area contributed by atoms with Crippen LogP contribution in [0.15, 0.2) is 194 Å². The van der Waals surface area contributed by atoms with E-state index in [2.05, 4.69) is 208 Å². The van der Waals surface area contributed by atoms with Gasteiger partial charge in [0.25, 0.3) is 0 Å². The van der Waals surface area contributed by atoms with Gasteiger partial charge in [-0.2, -0.15) is 0 Å². The summed E-state index contributed by atoms with van der Waals surface area (Å²) in [7, 11) is 0. The lowest BCUT2D eigenvalue weighted by Crippen LogP contribution is -2.15. The maximum Gasteiger partial charge on any atom is 0.0159 e. The molecule has 0 heteroatoms. The molecule has 0 atom stereocenters. The molecule has 0 unspecified atom stereocenters. The monoisotopic (exact) mass is 722 g/mol. The van der Waals surface area contributed by atoms with E-state index >= 15 is 0 Å². The highest BCUT2D eigenvalue weighted by molar-refractivity contribution is 6.24. The second-order valence-electron chi connectivity index (χ2n) is 16.4. The SMILES string of the molecule is CC1(C)c2cc(-c3cccc4c(-c5cc6ccc7ccccc7c6c6ccccc56)cccc34)ccc2-c2ccc(-c3cc4ccccc4c4ccccc34)cc21. The lowest BCUT2D eigenvalue weighted by molar-refractivity contribution is 0.661. The lowest BCUT2D eigenvalue weighted by Gasteiger charge is -2.23. The molecule has 0 nitrogen and oxygen atoms in total. The van der Waals surface area contributed by atoms with Crippen molar-refractivity contribution in [2.45, 2.75) is 19.3 Å². The Labute approximate surface area is 332 Å². The average Bonchev–Trinajstić information content (AvgIpc) is 3.49. The Morgan fingerprint density at radius 3 is 1.46 bits per heavy atom. The molecule has 0 radical (unpaired) electrons. The van der Waals surface area contributed by atoms with E-state index in [4.69, 9.17) is 0 Å². The van der Waals surface area contributed by atoms with Crippen molar-refractivity contribution in [2.75, 3.05) is 0 Å². The first kappa shape index (κ1) is 32.2. The van der Waals surface area contributed by atoms with Crippen molar-refractivity contribution in [2.24, 2.45) is 0 Å². The Morgan fingerprint density at radius 1 is 0.263 bits per heavy atom. The minimum atomic E-state index is -0.159. The molecule has 0 saturated heterocycles. The summed E-state index contributed by atoms with van der Waals surface area (Å²) in [6, 6.07) is 72.7. The fourth-order valence-corrected chi connectivity index (χ4v) is 10.3. The Bertz CT molecular complexity index is 3490. The number of benzene rings is 11. The number of hydrogen-bond donors (Lipinski definition) is 0. The molecule has 11 aromatic rings. The van der Waals surface area contributed by atoms with Gasteiger partial charge in [0.15, 0.2) is 0 Å². The van der Waals surface area contributed by atoms with Gasteiger partial charge in [-0.1, -0.05) is 184 Å². The van der Waals surface area contributed by atoms with Crippen molar-refractivity contribution < 1.29 is 0 Å². The first-order valence-electron chi connectivity index (χ1n) is 20.1. The summed E-state index contributed by atoms with van der Waals surface area (Å²) >= 11 is 0. The number of hydrogen-bond acceptors (Lipinski definition) is 0. The molecule has 0 fully saturated rings. The van der Waals surface area contributed by atoms with Gasteiger partial charge in [-0.15, -0.1) is 0 Å². The summed E-state index contributed by atoms with van der Waals surface area (Å²) in [4.78, 5) is 0. The summed E-state index contributed by atoms with van der Waals surface area (Å²) in [6.07, 6.45) is 0. The van der Waals surface area contributed by atoms with Crippen molar-refractivity contribution in [3.8, 4) is 44.5 Å². The van der Waals surface area contributed by atoms with Crippen molar-refractivity contribution >= 4 is 64.6 Å². The highest BCUT2D eigenvalue weighted by Crippen LogP contribution is 2.52. The van der Waals surface area contributed by atoms with Crippen LogP contribution in [0, 0.1) is 0 Å². The first-order chi connectivity index (χ1) is 28.0. The maximum absolute atomic E-state index is 2.47. The molecule has 1 aliphatic carbocycles. The van der Waals surface area contributed by atoms with E-state index in [1.165, 1.54) is 120 Å². The molecule has 0 bridgehead atoms. The van der Waals surface area contributed by atoms with E-state index in [-0.39, 0.29) is 5.41 Å². The standard InChI is InChI=1S/C57H38/c1-57(2)54-33-37(27-29-49(54)50-30-28-38(34-55(50)57)52-31-36-14-4-5-15-40(36)43-17-7-8-18-46(43)52)41-21-11-23-45-44(41)22-12-24-47(45)53-32-39-26-25-35-13-3-6-16-42(35)56(39)51-20-10-9-19-48(51)53/h3-34H,1-2H3. The smallest absolute Gasteiger partial charge is 0.0159 e. The Hall–Kier alpha value is -7.02. The van der Waals surface area contributed by atoms with Crippen LogP contribution in [0.5, 0.6) is 0 Å². The third kappa shape index (κ3) is 4.68. The van der Waals surface area contributed by atoms with Crippen LogP contribution in [0.2, 0.25) is 0 Å². The van der Waals surface area contributed by atoms with Crippen molar-refractivity contribution in [1.82, 2.24) is 0 Å². The zero-order valence-corrected chi connectivity index (χ0v) is 32.0. The highest BCUT2D eigenvalue weighted by atomic mass is 14.4. The van der Waals surface area contributed by atoms with E-state index in [1.807, 2.05) is 0 Å². The Balaban J connectivity index is 0.989. The maximum atomic E-state index is 2.47. The molecule has 0 aromatic heterocycles.